The van der Waals surface area contributed by atoms with Crippen molar-refractivity contribution in [3.05, 3.63) is 34.4 Å². The second kappa shape index (κ2) is 23.5. The summed E-state index contributed by atoms with van der Waals surface area (Å²) in [7, 11) is 0. The van der Waals surface area contributed by atoms with Crippen LogP contribution in [0.4, 0.5) is 0 Å². The van der Waals surface area contributed by atoms with Crippen LogP contribution in [0.2, 0.25) is 0 Å². The predicted octanol–water partition coefficient (Wildman–Crippen LogP) is 5.61. The van der Waals surface area contributed by atoms with Crippen LogP contribution >= 0.6 is 0 Å². The summed E-state index contributed by atoms with van der Waals surface area (Å²) in [6.45, 7) is 6.58. The van der Waals surface area contributed by atoms with Crippen molar-refractivity contribution in [2.24, 2.45) is 0 Å². The number of hydrogen-bond donors (Lipinski definition) is 0. The summed E-state index contributed by atoms with van der Waals surface area (Å²) in [5, 5.41) is 0. The molecule has 19 heavy (non-hydrogen) atoms. The third-order valence-electron chi connectivity index (χ3n) is 1.73. The van der Waals surface area contributed by atoms with E-state index in [1.54, 1.807) is 20.8 Å². The van der Waals surface area contributed by atoms with Gasteiger partial charge in [-0.3, -0.25) is 0 Å². The molecule has 0 amide bonds. The minimum atomic E-state index is -0.0394. The zero-order valence-corrected chi connectivity index (χ0v) is 15.6. The minimum absolute atomic E-state index is 0. The van der Waals surface area contributed by atoms with Gasteiger partial charge in [-0.1, -0.05) is 40.0 Å². The molecule has 0 radical (unpaired) electrons. The fraction of sp³-hybridized carbons (Fsp3) is 1.00. The Kier molecular flexibility index (Phi) is 34.2. The molecule has 0 heterocycles. The molecule has 3 unspecified atom stereocenters. The molecule has 114 valence electrons. The number of hydrogen-bond acceptors (Lipinski definition) is 0. The van der Waals surface area contributed by atoms with E-state index in [4.69, 9.17) is 34.4 Å². The van der Waals surface area contributed by atoms with Gasteiger partial charge in [-0.25, -0.2) is 0 Å². The van der Waals surface area contributed by atoms with Crippen LogP contribution in [0.1, 0.15) is 40.0 Å². The van der Waals surface area contributed by atoms with E-state index in [-0.39, 0.29) is 37.6 Å². The Labute approximate surface area is 132 Å². The Balaban J connectivity index is -0.0000000865. The summed E-state index contributed by atoms with van der Waals surface area (Å²) in [5.41, 5.74) is 40.4. The average molecular weight is 324 g/mol. The first kappa shape index (κ1) is 27.7. The van der Waals surface area contributed by atoms with Crippen molar-refractivity contribution in [1.29, 1.82) is 0 Å². The fourth-order valence-electron chi connectivity index (χ4n) is 0.650. The van der Waals surface area contributed by atoms with Crippen LogP contribution in [0.15, 0.2) is 0 Å². The Morgan fingerprint density at radius 1 is 0.579 bits per heavy atom. The summed E-state index contributed by atoms with van der Waals surface area (Å²) >= 11 is 0. The van der Waals surface area contributed by atoms with Crippen LogP contribution in [0.3, 0.4) is 0 Å². The molecule has 0 spiro atoms. The zero-order chi connectivity index (χ0) is 15.0. The summed E-state index contributed by atoms with van der Waals surface area (Å²) in [6, 6.07) is -0.118. The Morgan fingerprint density at radius 3 is 0.737 bits per heavy atom. The van der Waals surface area contributed by atoms with E-state index in [1.807, 2.05) is 0 Å². The molecule has 3 atom stereocenters. The first-order valence-corrected chi connectivity index (χ1v) is 6.38. The maximum absolute atomic E-state index is 6.86. The third-order valence-corrected chi connectivity index (χ3v) is 1.73. The quantitative estimate of drug-likeness (QED) is 0.560. The van der Waals surface area contributed by atoms with Gasteiger partial charge in [0.15, 0.2) is 0 Å². The van der Waals surface area contributed by atoms with Gasteiger partial charge in [0.25, 0.3) is 0 Å². The molecular formula is C12H30N6Zn-4. The molecule has 6 nitrogen and oxygen atoms in total. The smallest absolute Gasteiger partial charge is 0.677 e. The van der Waals surface area contributed by atoms with Crippen molar-refractivity contribution in [3.8, 4) is 0 Å². The molecule has 7 heteroatoms. The van der Waals surface area contributed by atoms with Crippen LogP contribution in [0.5, 0.6) is 0 Å². The van der Waals surface area contributed by atoms with E-state index in [0.29, 0.717) is 38.9 Å². The van der Waals surface area contributed by atoms with Gasteiger partial charge < -0.3 is 34.4 Å². The maximum Gasteiger partial charge on any atom is 2.00 e. The number of rotatable bonds is 6. The van der Waals surface area contributed by atoms with Gasteiger partial charge >= 0.3 is 19.5 Å². The Hall–Kier alpha value is 0.383. The van der Waals surface area contributed by atoms with Crippen molar-refractivity contribution in [2.45, 2.75) is 58.2 Å². The summed E-state index contributed by atoms with van der Waals surface area (Å²) < 4.78 is 0. The van der Waals surface area contributed by atoms with Crippen molar-refractivity contribution < 1.29 is 19.5 Å². The summed E-state index contributed by atoms with van der Waals surface area (Å²) in [6.07, 6.45) is 2.12. The van der Waals surface area contributed by atoms with E-state index in [0.717, 1.165) is 0 Å². The van der Waals surface area contributed by atoms with E-state index >= 15 is 0 Å². The first-order chi connectivity index (χ1) is 8.31. The monoisotopic (exact) mass is 322 g/mol. The molecule has 0 aromatic rings. The largest absolute Gasteiger partial charge is 2.00 e. The van der Waals surface area contributed by atoms with Crippen molar-refractivity contribution in [3.63, 3.8) is 0 Å². The zero-order valence-electron chi connectivity index (χ0n) is 12.7. The van der Waals surface area contributed by atoms with Gasteiger partial charge in [0.2, 0.25) is 0 Å². The molecule has 0 aliphatic rings. The van der Waals surface area contributed by atoms with Gasteiger partial charge in [-0.15, -0.1) is 18.1 Å². The molecule has 0 aliphatic carbocycles. The standard InChI is InChI=1S/3C4H10N2.Zn/c3*1-4(6)2-3-5;/h3*4-6H,2-3H2,1H3;/q3*-2;+2. The number of nitrogens with one attached hydrogen (secondary N) is 6. The Morgan fingerprint density at radius 2 is 0.737 bits per heavy atom. The van der Waals surface area contributed by atoms with Gasteiger partial charge in [-0.05, 0) is 0 Å². The molecule has 0 saturated heterocycles. The van der Waals surface area contributed by atoms with Crippen LogP contribution in [0.25, 0.3) is 34.4 Å². The van der Waals surface area contributed by atoms with Gasteiger partial charge in [0.1, 0.15) is 0 Å². The molecule has 0 aromatic heterocycles. The summed E-state index contributed by atoms with van der Waals surface area (Å²) in [4.78, 5) is 0. The molecule has 0 rings (SSSR count). The van der Waals surface area contributed by atoms with Crippen LogP contribution < -0.4 is 0 Å². The van der Waals surface area contributed by atoms with E-state index in [1.165, 1.54) is 0 Å². The van der Waals surface area contributed by atoms with Gasteiger partial charge in [0.05, 0.1) is 0 Å². The van der Waals surface area contributed by atoms with Crippen molar-refractivity contribution in [2.75, 3.05) is 19.6 Å². The second-order valence-corrected chi connectivity index (χ2v) is 4.32. The van der Waals surface area contributed by atoms with Gasteiger partial charge in [0, 0.05) is 0 Å². The fourth-order valence-corrected chi connectivity index (χ4v) is 0.650. The average Bonchev–Trinajstić information content (AvgIpc) is 2.18. The van der Waals surface area contributed by atoms with Crippen molar-refractivity contribution in [1.82, 2.24) is 0 Å². The van der Waals surface area contributed by atoms with Crippen LogP contribution in [-0.2, 0) is 19.5 Å². The molecule has 0 aliphatic heterocycles. The first-order valence-electron chi connectivity index (χ1n) is 6.38. The molecule has 0 bridgehead atoms. The molecule has 0 aromatic carbocycles. The van der Waals surface area contributed by atoms with E-state index in [9.17, 15) is 0 Å². The predicted molar refractivity (Wildman–Crippen MR) is 82.8 cm³/mol. The topological polar surface area (TPSA) is 143 Å². The molecule has 0 saturated carbocycles. The molecular weight excluding hydrogens is 294 g/mol. The SMILES string of the molecule is CC([NH-])CC[NH-].CC([NH-])CC[NH-].CC([NH-])CC[NH-].[Zn+2]. The van der Waals surface area contributed by atoms with Crippen LogP contribution in [0, 0.1) is 0 Å². The third kappa shape index (κ3) is 56.0. The van der Waals surface area contributed by atoms with Crippen LogP contribution in [-0.4, -0.2) is 37.8 Å². The Bertz CT molecular complexity index is 110. The van der Waals surface area contributed by atoms with E-state index in [2.05, 4.69) is 0 Å². The molecule has 6 N–H and O–H groups in total. The second-order valence-electron chi connectivity index (χ2n) is 4.32. The normalized spacial score (nSPS) is 13.7. The van der Waals surface area contributed by atoms with E-state index < -0.39 is 0 Å². The molecule has 0 fully saturated rings. The maximum atomic E-state index is 6.86. The summed E-state index contributed by atoms with van der Waals surface area (Å²) in [5.74, 6) is 0. The van der Waals surface area contributed by atoms with Crippen molar-refractivity contribution >= 4 is 0 Å². The van der Waals surface area contributed by atoms with Gasteiger partial charge in [-0.2, -0.15) is 19.6 Å². The minimum Gasteiger partial charge on any atom is -0.677 e.